The van der Waals surface area contributed by atoms with E-state index in [0.717, 1.165) is 35.3 Å². The molecule has 0 aliphatic carbocycles. The van der Waals surface area contributed by atoms with E-state index < -0.39 is 11.8 Å². The van der Waals surface area contributed by atoms with Crippen LogP contribution in [0.4, 0.5) is 4.39 Å². The summed E-state index contributed by atoms with van der Waals surface area (Å²) in [5, 5.41) is 0.969. The number of hydrogen-bond donors (Lipinski definition) is 1. The first-order valence-corrected chi connectivity index (χ1v) is 10.5. The Kier molecular flexibility index (Phi) is 5.80. The van der Waals surface area contributed by atoms with E-state index >= 15 is 0 Å². The Labute approximate surface area is 185 Å². The zero-order valence-electron chi connectivity index (χ0n) is 18.4. The molecule has 0 spiro atoms. The number of methoxy groups -OCH3 is 1. The average molecular weight is 436 g/mol. The number of hydrogen-bond acceptors (Lipinski definition) is 5. The second-order valence-electron chi connectivity index (χ2n) is 7.86. The normalized spacial score (nSPS) is 12.4. The van der Waals surface area contributed by atoms with Crippen molar-refractivity contribution >= 4 is 28.0 Å². The molecule has 3 aromatic heterocycles. The topological polar surface area (TPSA) is 88.0 Å². The maximum absolute atomic E-state index is 14.5. The third-order valence-corrected chi connectivity index (χ3v) is 5.63. The molecule has 0 aliphatic rings. The minimum Gasteiger partial charge on any atom is -0.465 e. The van der Waals surface area contributed by atoms with Crippen molar-refractivity contribution in [2.24, 2.45) is 12.8 Å². The molecule has 8 heteroatoms. The number of nitrogens with two attached hydrogens (primary N) is 1. The summed E-state index contributed by atoms with van der Waals surface area (Å²) in [4.78, 5) is 21.5. The second-order valence-corrected chi connectivity index (χ2v) is 7.86. The predicted octanol–water partition coefficient (Wildman–Crippen LogP) is 4.50. The van der Waals surface area contributed by atoms with Crippen LogP contribution >= 0.6 is 0 Å². The molecule has 2 N–H and O–H groups in total. The number of imidazole rings is 1. The molecule has 3 heterocycles. The van der Waals surface area contributed by atoms with Gasteiger partial charge in [0.1, 0.15) is 11.5 Å². The quantitative estimate of drug-likeness (QED) is 0.262. The summed E-state index contributed by atoms with van der Waals surface area (Å²) in [6, 6.07) is 8.52. The molecule has 0 amide bonds. The lowest BCUT2D eigenvalue weighted by Gasteiger charge is -2.11. The van der Waals surface area contributed by atoms with E-state index in [1.165, 1.54) is 19.2 Å². The zero-order valence-corrected chi connectivity index (χ0v) is 18.4. The highest BCUT2D eigenvalue weighted by molar-refractivity contribution is 5.95. The van der Waals surface area contributed by atoms with Gasteiger partial charge in [0.25, 0.3) is 0 Å². The first-order valence-electron chi connectivity index (χ1n) is 10.5. The van der Waals surface area contributed by atoms with Crippen LogP contribution in [-0.4, -0.2) is 32.2 Å². The molecular weight excluding hydrogens is 409 g/mol. The first kappa shape index (κ1) is 21.7. The van der Waals surface area contributed by atoms with Gasteiger partial charge < -0.3 is 19.6 Å². The largest absolute Gasteiger partial charge is 0.465 e. The minimum absolute atomic E-state index is 0.139. The molecule has 0 aliphatic heterocycles. The van der Waals surface area contributed by atoms with Gasteiger partial charge in [0.2, 0.25) is 0 Å². The van der Waals surface area contributed by atoms with Gasteiger partial charge in [0.15, 0.2) is 5.82 Å². The molecule has 1 aromatic carbocycles. The molecule has 0 radical (unpaired) electrons. The number of carbonyl (C=O) groups is 1. The molecule has 1 atom stereocenters. The predicted molar refractivity (Wildman–Crippen MR) is 123 cm³/mol. The summed E-state index contributed by atoms with van der Waals surface area (Å²) < 4.78 is 23.2. The molecule has 32 heavy (non-hydrogen) atoms. The maximum Gasteiger partial charge on any atom is 0.340 e. The van der Waals surface area contributed by atoms with Crippen LogP contribution in [0.2, 0.25) is 0 Å². The van der Waals surface area contributed by atoms with Gasteiger partial charge in [-0.3, -0.25) is 0 Å². The molecule has 7 nitrogen and oxygen atoms in total. The number of benzene rings is 1. The minimum atomic E-state index is -0.734. The van der Waals surface area contributed by atoms with Gasteiger partial charge in [-0.25, -0.2) is 19.2 Å². The summed E-state index contributed by atoms with van der Waals surface area (Å²) in [6.45, 7) is 6.42. The lowest BCUT2D eigenvalue weighted by Crippen LogP contribution is -2.09. The summed E-state index contributed by atoms with van der Waals surface area (Å²) in [7, 11) is 3.05. The number of halogens is 1. The van der Waals surface area contributed by atoms with Gasteiger partial charge in [0.05, 0.1) is 35.1 Å². The van der Waals surface area contributed by atoms with Gasteiger partial charge >= 0.3 is 5.97 Å². The fraction of sp³-hybridized carbons (Fsp3) is 0.292. The van der Waals surface area contributed by atoms with Crippen molar-refractivity contribution in [2.45, 2.75) is 32.4 Å². The number of fused-ring (bicyclic) bond motifs is 2. The van der Waals surface area contributed by atoms with E-state index in [4.69, 9.17) is 15.7 Å². The van der Waals surface area contributed by atoms with Crippen molar-refractivity contribution in [1.82, 2.24) is 19.1 Å². The van der Waals surface area contributed by atoms with Crippen LogP contribution in [0.1, 0.15) is 41.9 Å². The number of allylic oxidation sites excluding steroid dienone is 1. The number of aromatic nitrogens is 4. The van der Waals surface area contributed by atoms with Crippen LogP contribution in [-0.2, 0) is 18.3 Å². The summed E-state index contributed by atoms with van der Waals surface area (Å²) in [5.74, 6) is -0.725. The number of esters is 1. The van der Waals surface area contributed by atoms with Crippen LogP contribution in [0.3, 0.4) is 0 Å². The van der Waals surface area contributed by atoms with Crippen LogP contribution in [0.25, 0.3) is 33.6 Å². The van der Waals surface area contributed by atoms with Crippen molar-refractivity contribution in [3.05, 3.63) is 60.1 Å². The molecule has 1 unspecified atom stereocenters. The molecule has 0 saturated heterocycles. The molecule has 4 rings (SSSR count). The van der Waals surface area contributed by atoms with Gasteiger partial charge in [0, 0.05) is 31.1 Å². The van der Waals surface area contributed by atoms with E-state index in [-0.39, 0.29) is 11.6 Å². The number of rotatable bonds is 7. The van der Waals surface area contributed by atoms with Crippen molar-refractivity contribution < 1.29 is 13.9 Å². The number of pyridine rings is 1. The Morgan fingerprint density at radius 3 is 2.78 bits per heavy atom. The van der Waals surface area contributed by atoms with Crippen LogP contribution in [0.15, 0.2) is 43.0 Å². The molecule has 166 valence electrons. The fourth-order valence-corrected chi connectivity index (χ4v) is 3.91. The SMILES string of the molecule is C=CCCCn1c(-c2nc3cc(C(=O)OC)c(F)cc3n2C)cc2ccc(C(C)N)nc21. The third-order valence-electron chi connectivity index (χ3n) is 5.63. The molecule has 0 fully saturated rings. The van der Waals surface area contributed by atoms with E-state index in [2.05, 4.69) is 15.9 Å². The van der Waals surface area contributed by atoms with Crippen molar-refractivity contribution in [2.75, 3.05) is 7.11 Å². The van der Waals surface area contributed by atoms with Crippen LogP contribution in [0.5, 0.6) is 0 Å². The Morgan fingerprint density at radius 1 is 1.31 bits per heavy atom. The fourth-order valence-electron chi connectivity index (χ4n) is 3.91. The summed E-state index contributed by atoms with van der Waals surface area (Å²) in [6.07, 6.45) is 3.64. The second kappa shape index (κ2) is 8.55. The van der Waals surface area contributed by atoms with Gasteiger partial charge in [-0.1, -0.05) is 6.08 Å². The smallest absolute Gasteiger partial charge is 0.340 e. The van der Waals surface area contributed by atoms with Crippen molar-refractivity contribution in [1.29, 1.82) is 0 Å². The zero-order chi connectivity index (χ0) is 23.0. The molecule has 4 aromatic rings. The van der Waals surface area contributed by atoms with Crippen LogP contribution < -0.4 is 5.73 Å². The Balaban J connectivity index is 1.93. The van der Waals surface area contributed by atoms with Crippen molar-refractivity contribution in [3.63, 3.8) is 0 Å². The highest BCUT2D eigenvalue weighted by Gasteiger charge is 2.21. The molecular formula is C24H26FN5O2. The number of carbonyl (C=O) groups excluding carboxylic acids is 1. The summed E-state index contributed by atoms with van der Waals surface area (Å²) >= 11 is 0. The monoisotopic (exact) mass is 435 g/mol. The number of unbranched alkanes of at least 4 members (excludes halogenated alkanes) is 1. The highest BCUT2D eigenvalue weighted by Crippen LogP contribution is 2.31. The summed E-state index contributed by atoms with van der Waals surface area (Å²) in [5.41, 5.74) is 9.50. The number of nitrogens with zero attached hydrogens (tertiary/aromatic N) is 4. The lowest BCUT2D eigenvalue weighted by molar-refractivity contribution is 0.0595. The van der Waals surface area contributed by atoms with Crippen LogP contribution in [0, 0.1) is 5.82 Å². The molecule has 0 bridgehead atoms. The van der Waals surface area contributed by atoms with E-state index in [0.29, 0.717) is 23.4 Å². The standard InChI is InChI=1S/C24H26FN5O2/c1-5-6-7-10-30-21(11-15-8-9-18(14(2)26)27-22(15)30)23-28-19-12-16(24(31)32-4)17(25)13-20(19)29(23)3/h5,8-9,11-14H,1,6-7,10,26H2,2-4H3. The Hall–Kier alpha value is -3.52. The maximum atomic E-state index is 14.5. The van der Waals surface area contributed by atoms with Gasteiger partial charge in [-0.2, -0.15) is 0 Å². The van der Waals surface area contributed by atoms with E-state index in [9.17, 15) is 9.18 Å². The number of ether oxygens (including phenoxy) is 1. The molecule has 0 saturated carbocycles. The van der Waals surface area contributed by atoms with E-state index in [1.54, 1.807) is 0 Å². The van der Waals surface area contributed by atoms with Gasteiger partial charge in [-0.15, -0.1) is 6.58 Å². The first-order chi connectivity index (χ1) is 15.3. The highest BCUT2D eigenvalue weighted by atomic mass is 19.1. The average Bonchev–Trinajstić information content (AvgIpc) is 3.29. The number of aryl methyl sites for hydroxylation is 2. The van der Waals surface area contributed by atoms with E-state index in [1.807, 2.05) is 42.8 Å². The van der Waals surface area contributed by atoms with Gasteiger partial charge in [-0.05, 0) is 44.0 Å². The van der Waals surface area contributed by atoms with Crippen molar-refractivity contribution in [3.8, 4) is 11.5 Å². The Morgan fingerprint density at radius 2 is 2.09 bits per heavy atom. The lowest BCUT2D eigenvalue weighted by atomic mass is 10.2. The Bertz CT molecular complexity index is 1340. The third kappa shape index (κ3) is 3.67.